The zero-order valence-electron chi connectivity index (χ0n) is 10.5. The molecule has 6 nitrogen and oxygen atoms in total. The van der Waals surface area contributed by atoms with Crippen LogP contribution in [0.15, 0.2) is 23.7 Å². The Morgan fingerprint density at radius 2 is 2.10 bits per heavy atom. The van der Waals surface area contributed by atoms with Crippen LogP contribution in [-0.2, 0) is 6.42 Å². The highest BCUT2D eigenvalue weighted by Crippen LogP contribution is 2.22. The molecule has 110 valence electrons. The summed E-state index contributed by atoms with van der Waals surface area (Å²) in [5.74, 6) is -3.52. The van der Waals surface area contributed by atoms with Gasteiger partial charge in [-0.15, -0.1) is 11.3 Å². The quantitative estimate of drug-likeness (QED) is 0.678. The number of halogens is 2. The number of nitro benzene ring substituents is 1. The number of aromatic nitrogens is 1. The number of nitrogens with one attached hydrogen (secondary N) is 1. The molecule has 1 amide bonds. The highest BCUT2D eigenvalue weighted by Gasteiger charge is 2.23. The summed E-state index contributed by atoms with van der Waals surface area (Å²) in [6.45, 7) is 0.183. The van der Waals surface area contributed by atoms with Gasteiger partial charge in [-0.1, -0.05) is 0 Å². The Kier molecular flexibility index (Phi) is 4.53. The van der Waals surface area contributed by atoms with Crippen molar-refractivity contribution in [2.75, 3.05) is 6.54 Å². The number of thiazole rings is 1. The number of nitrogens with zero attached hydrogens (tertiary/aromatic N) is 2. The average molecular weight is 313 g/mol. The summed E-state index contributed by atoms with van der Waals surface area (Å²) in [6, 6.07) is 0.914. The van der Waals surface area contributed by atoms with E-state index in [1.165, 1.54) is 11.3 Å². The van der Waals surface area contributed by atoms with Crippen LogP contribution in [0.4, 0.5) is 14.5 Å². The number of carbonyl (C=O) groups excluding carboxylic acids is 1. The predicted molar refractivity (Wildman–Crippen MR) is 71.2 cm³/mol. The zero-order chi connectivity index (χ0) is 15.4. The molecule has 0 radical (unpaired) electrons. The lowest BCUT2D eigenvalue weighted by atomic mass is 10.1. The molecule has 0 aliphatic heterocycles. The number of amides is 1. The van der Waals surface area contributed by atoms with Crippen molar-refractivity contribution in [3.63, 3.8) is 0 Å². The fourth-order valence-corrected chi connectivity index (χ4v) is 2.24. The maximum atomic E-state index is 13.1. The van der Waals surface area contributed by atoms with E-state index in [0.717, 1.165) is 5.01 Å². The molecule has 9 heteroatoms. The van der Waals surface area contributed by atoms with Gasteiger partial charge in [0, 0.05) is 24.5 Å². The normalized spacial score (nSPS) is 10.4. The smallest absolute Gasteiger partial charge is 0.285 e. The van der Waals surface area contributed by atoms with Crippen molar-refractivity contribution in [2.45, 2.75) is 6.42 Å². The minimum absolute atomic E-state index is 0.183. The van der Waals surface area contributed by atoms with Crippen LogP contribution in [0, 0.1) is 21.7 Å². The lowest BCUT2D eigenvalue weighted by Crippen LogP contribution is -2.26. The van der Waals surface area contributed by atoms with Gasteiger partial charge in [-0.3, -0.25) is 14.9 Å². The largest absolute Gasteiger partial charge is 0.351 e. The maximum absolute atomic E-state index is 13.1. The van der Waals surface area contributed by atoms with E-state index in [9.17, 15) is 23.7 Å². The van der Waals surface area contributed by atoms with E-state index in [1.54, 1.807) is 11.6 Å². The van der Waals surface area contributed by atoms with Crippen molar-refractivity contribution in [1.82, 2.24) is 10.3 Å². The van der Waals surface area contributed by atoms with E-state index in [0.29, 0.717) is 18.6 Å². The third-order valence-electron chi connectivity index (χ3n) is 2.59. The third kappa shape index (κ3) is 3.57. The van der Waals surface area contributed by atoms with E-state index in [4.69, 9.17) is 0 Å². The first-order valence-electron chi connectivity index (χ1n) is 5.79. The van der Waals surface area contributed by atoms with Gasteiger partial charge in [-0.2, -0.15) is 0 Å². The molecule has 1 aromatic heterocycles. The monoisotopic (exact) mass is 313 g/mol. The molecule has 1 heterocycles. The summed E-state index contributed by atoms with van der Waals surface area (Å²) in [4.78, 5) is 25.7. The molecule has 0 saturated heterocycles. The Bertz CT molecular complexity index is 677. The molecule has 0 fully saturated rings. The molecule has 2 rings (SSSR count). The molecule has 0 bridgehead atoms. The summed E-state index contributed by atoms with van der Waals surface area (Å²) in [5, 5.41) is 15.8. The lowest BCUT2D eigenvalue weighted by Gasteiger charge is -2.05. The van der Waals surface area contributed by atoms with Crippen LogP contribution in [0.25, 0.3) is 0 Å². The predicted octanol–water partition coefficient (Wildman–Crippen LogP) is 2.30. The lowest BCUT2D eigenvalue weighted by molar-refractivity contribution is -0.385. The molecular weight excluding hydrogens is 304 g/mol. The highest BCUT2D eigenvalue weighted by atomic mass is 32.1. The molecule has 1 N–H and O–H groups in total. The number of hydrogen-bond donors (Lipinski definition) is 1. The molecule has 1 aromatic carbocycles. The molecule has 0 saturated carbocycles. The summed E-state index contributed by atoms with van der Waals surface area (Å²) in [5.41, 5.74) is -1.29. The molecular formula is C12H9F2N3O3S. The number of carbonyl (C=O) groups is 1. The van der Waals surface area contributed by atoms with Crippen molar-refractivity contribution in [3.8, 4) is 0 Å². The van der Waals surface area contributed by atoms with Gasteiger partial charge in [0.05, 0.1) is 16.0 Å². The molecule has 0 unspecified atom stereocenters. The second-order valence-electron chi connectivity index (χ2n) is 3.97. The summed E-state index contributed by atoms with van der Waals surface area (Å²) in [7, 11) is 0. The average Bonchev–Trinajstić information content (AvgIpc) is 2.94. The highest BCUT2D eigenvalue weighted by molar-refractivity contribution is 7.09. The second-order valence-corrected chi connectivity index (χ2v) is 4.95. The molecule has 2 aromatic rings. The fourth-order valence-electron chi connectivity index (χ4n) is 1.62. The van der Waals surface area contributed by atoms with Gasteiger partial charge in [-0.25, -0.2) is 13.8 Å². The van der Waals surface area contributed by atoms with Crippen LogP contribution < -0.4 is 5.32 Å². The van der Waals surface area contributed by atoms with Gasteiger partial charge in [0.2, 0.25) is 0 Å². The fraction of sp³-hybridized carbons (Fsp3) is 0.167. The first-order chi connectivity index (χ1) is 9.99. The molecule has 21 heavy (non-hydrogen) atoms. The van der Waals surface area contributed by atoms with Gasteiger partial charge >= 0.3 is 0 Å². The number of benzene rings is 1. The van der Waals surface area contributed by atoms with E-state index in [2.05, 4.69) is 10.3 Å². The SMILES string of the molecule is O=C(NCCc1nccs1)c1cc(F)c(F)cc1[N+](=O)[O-]. The van der Waals surface area contributed by atoms with Crippen LogP contribution in [0.3, 0.4) is 0 Å². The molecule has 0 aliphatic carbocycles. The van der Waals surface area contributed by atoms with Gasteiger partial charge in [0.25, 0.3) is 11.6 Å². The third-order valence-corrected chi connectivity index (χ3v) is 3.43. The van der Waals surface area contributed by atoms with E-state index in [-0.39, 0.29) is 6.54 Å². The number of hydrogen-bond acceptors (Lipinski definition) is 5. The van der Waals surface area contributed by atoms with Gasteiger partial charge in [0.15, 0.2) is 11.6 Å². The Labute approximate surface area is 121 Å². The second kappa shape index (κ2) is 6.35. The number of rotatable bonds is 5. The first kappa shape index (κ1) is 15.0. The standard InChI is InChI=1S/C12H9F2N3O3S/c13-8-5-7(10(17(19)20)6-9(8)14)12(18)16-2-1-11-15-3-4-21-11/h3-6H,1-2H2,(H,16,18). The zero-order valence-corrected chi connectivity index (χ0v) is 11.3. The van der Waals surface area contributed by atoms with E-state index >= 15 is 0 Å². The van der Waals surface area contributed by atoms with Crippen molar-refractivity contribution < 1.29 is 18.5 Å². The van der Waals surface area contributed by atoms with Crippen LogP contribution in [0.2, 0.25) is 0 Å². The van der Waals surface area contributed by atoms with Crippen molar-refractivity contribution >= 4 is 22.9 Å². The first-order valence-corrected chi connectivity index (χ1v) is 6.67. The minimum atomic E-state index is -1.37. The van der Waals surface area contributed by atoms with Crippen molar-refractivity contribution in [2.24, 2.45) is 0 Å². The van der Waals surface area contributed by atoms with E-state index < -0.39 is 33.7 Å². The van der Waals surface area contributed by atoms with Crippen LogP contribution in [-0.4, -0.2) is 22.4 Å². The van der Waals surface area contributed by atoms with Crippen LogP contribution in [0.5, 0.6) is 0 Å². The molecule has 0 aliphatic rings. The van der Waals surface area contributed by atoms with Gasteiger partial charge in [-0.05, 0) is 6.07 Å². The summed E-state index contributed by atoms with van der Waals surface area (Å²) >= 11 is 1.40. The van der Waals surface area contributed by atoms with Gasteiger partial charge < -0.3 is 5.32 Å². The molecule has 0 spiro atoms. The molecule has 0 atom stereocenters. The van der Waals surface area contributed by atoms with Crippen molar-refractivity contribution in [1.29, 1.82) is 0 Å². The summed E-state index contributed by atoms with van der Waals surface area (Å²) < 4.78 is 26.1. The van der Waals surface area contributed by atoms with Gasteiger partial charge in [0.1, 0.15) is 5.56 Å². The van der Waals surface area contributed by atoms with Crippen molar-refractivity contribution in [3.05, 3.63) is 56.0 Å². The Morgan fingerprint density at radius 3 is 2.71 bits per heavy atom. The Morgan fingerprint density at radius 1 is 1.38 bits per heavy atom. The van der Waals surface area contributed by atoms with Crippen LogP contribution in [0.1, 0.15) is 15.4 Å². The Hall–Kier alpha value is -2.42. The summed E-state index contributed by atoms with van der Waals surface area (Å²) in [6.07, 6.45) is 2.06. The van der Waals surface area contributed by atoms with E-state index in [1.807, 2.05) is 0 Å². The maximum Gasteiger partial charge on any atom is 0.285 e. The Balaban J connectivity index is 2.11. The topological polar surface area (TPSA) is 85.1 Å². The minimum Gasteiger partial charge on any atom is -0.351 e. The van der Waals surface area contributed by atoms with Crippen LogP contribution >= 0.6 is 11.3 Å². The number of nitro groups is 1.